The van der Waals surface area contributed by atoms with Gasteiger partial charge in [-0.25, -0.2) is 4.98 Å². The fourth-order valence-corrected chi connectivity index (χ4v) is 1.74. The molecule has 17 heavy (non-hydrogen) atoms. The van der Waals surface area contributed by atoms with Crippen LogP contribution in [0, 0.1) is 25.2 Å². The Bertz CT molecular complexity index is 407. The molecule has 0 aromatic carbocycles. The van der Waals surface area contributed by atoms with E-state index in [4.69, 9.17) is 10.00 Å². The zero-order chi connectivity index (χ0) is 12.7. The largest absolute Gasteiger partial charge is 0.477 e. The lowest BCUT2D eigenvalue weighted by molar-refractivity contribution is 0.292. The number of unbranched alkanes of at least 4 members (excludes halogenated alkanes) is 3. The smallest absolute Gasteiger partial charge is 0.232 e. The molecule has 0 N–H and O–H groups in total. The van der Waals surface area contributed by atoms with E-state index < -0.39 is 0 Å². The fraction of sp³-hybridized carbons (Fsp3) is 0.571. The molecule has 0 atom stereocenters. The summed E-state index contributed by atoms with van der Waals surface area (Å²) in [5, 5.41) is 9.06. The van der Waals surface area contributed by atoms with E-state index in [-0.39, 0.29) is 0 Å². The molecule has 0 spiro atoms. The van der Waals surface area contributed by atoms with Crippen LogP contribution in [0.25, 0.3) is 0 Å². The molecule has 0 aliphatic heterocycles. The van der Waals surface area contributed by atoms with Gasteiger partial charge in [-0.3, -0.25) is 0 Å². The topological polar surface area (TPSA) is 45.9 Å². The zero-order valence-corrected chi connectivity index (χ0v) is 10.9. The van der Waals surface area contributed by atoms with Crippen LogP contribution in [0.15, 0.2) is 6.07 Å². The molecule has 0 bridgehead atoms. The van der Waals surface area contributed by atoms with Gasteiger partial charge in [0.2, 0.25) is 5.88 Å². The lowest BCUT2D eigenvalue weighted by Crippen LogP contribution is -2.03. The molecule has 0 saturated heterocycles. The van der Waals surface area contributed by atoms with Crippen LogP contribution in [0.5, 0.6) is 5.88 Å². The monoisotopic (exact) mass is 232 g/mol. The summed E-state index contributed by atoms with van der Waals surface area (Å²) in [6.07, 6.45) is 4.64. The Hall–Kier alpha value is -1.56. The summed E-state index contributed by atoms with van der Waals surface area (Å²) >= 11 is 0. The van der Waals surface area contributed by atoms with Gasteiger partial charge in [0.05, 0.1) is 6.61 Å². The van der Waals surface area contributed by atoms with E-state index in [0.717, 1.165) is 17.7 Å². The van der Waals surface area contributed by atoms with Crippen molar-refractivity contribution in [3.63, 3.8) is 0 Å². The molecule has 0 fully saturated rings. The van der Waals surface area contributed by atoms with Crippen LogP contribution in [0.3, 0.4) is 0 Å². The molecule has 0 radical (unpaired) electrons. The summed E-state index contributed by atoms with van der Waals surface area (Å²) in [6.45, 7) is 6.65. The van der Waals surface area contributed by atoms with Crippen molar-refractivity contribution in [2.45, 2.75) is 46.5 Å². The molecule has 92 valence electrons. The molecule has 0 amide bonds. The third-order valence-corrected chi connectivity index (χ3v) is 2.66. The number of nitriles is 1. The molecule has 1 heterocycles. The van der Waals surface area contributed by atoms with Gasteiger partial charge in [-0.05, 0) is 31.9 Å². The van der Waals surface area contributed by atoms with Crippen LogP contribution in [0.2, 0.25) is 0 Å². The molecular formula is C14H20N2O. The molecule has 3 nitrogen and oxygen atoms in total. The SMILES string of the molecule is CCCCCCOc1nc(C)cc(C)c1C#N. The van der Waals surface area contributed by atoms with Gasteiger partial charge in [0.1, 0.15) is 11.6 Å². The van der Waals surface area contributed by atoms with Crippen LogP contribution in [-0.2, 0) is 0 Å². The van der Waals surface area contributed by atoms with E-state index in [1.165, 1.54) is 19.3 Å². The van der Waals surface area contributed by atoms with Gasteiger partial charge in [-0.15, -0.1) is 0 Å². The van der Waals surface area contributed by atoms with Crippen LogP contribution >= 0.6 is 0 Å². The van der Waals surface area contributed by atoms with Gasteiger partial charge in [-0.1, -0.05) is 26.2 Å². The Balaban J connectivity index is 2.61. The Kier molecular flexibility index (Phi) is 5.48. The number of aromatic nitrogens is 1. The van der Waals surface area contributed by atoms with Crippen molar-refractivity contribution < 1.29 is 4.74 Å². The minimum Gasteiger partial charge on any atom is -0.477 e. The maximum atomic E-state index is 9.06. The third-order valence-electron chi connectivity index (χ3n) is 2.66. The first-order valence-corrected chi connectivity index (χ1v) is 6.20. The minimum atomic E-state index is 0.487. The van der Waals surface area contributed by atoms with Gasteiger partial charge in [0.15, 0.2) is 0 Å². The number of rotatable bonds is 6. The van der Waals surface area contributed by atoms with Gasteiger partial charge in [0.25, 0.3) is 0 Å². The lowest BCUT2D eigenvalue weighted by Gasteiger charge is -2.09. The second-order valence-corrected chi connectivity index (χ2v) is 4.28. The first-order valence-electron chi connectivity index (χ1n) is 6.20. The zero-order valence-electron chi connectivity index (χ0n) is 10.9. The Morgan fingerprint density at radius 2 is 2.06 bits per heavy atom. The van der Waals surface area contributed by atoms with Crippen molar-refractivity contribution in [2.75, 3.05) is 6.61 Å². The number of hydrogen-bond donors (Lipinski definition) is 0. The van der Waals surface area contributed by atoms with Gasteiger partial charge in [0, 0.05) is 5.69 Å². The number of pyridine rings is 1. The highest BCUT2D eigenvalue weighted by atomic mass is 16.5. The predicted molar refractivity (Wildman–Crippen MR) is 68.1 cm³/mol. The quantitative estimate of drug-likeness (QED) is 0.705. The molecule has 1 aromatic heterocycles. The highest BCUT2D eigenvalue weighted by Gasteiger charge is 2.09. The van der Waals surface area contributed by atoms with E-state index >= 15 is 0 Å². The summed E-state index contributed by atoms with van der Waals surface area (Å²) in [6, 6.07) is 4.06. The lowest BCUT2D eigenvalue weighted by atomic mass is 10.1. The second kappa shape index (κ2) is 6.90. The van der Waals surface area contributed by atoms with Gasteiger partial charge < -0.3 is 4.74 Å². The van der Waals surface area contributed by atoms with Crippen molar-refractivity contribution in [1.82, 2.24) is 4.98 Å². The second-order valence-electron chi connectivity index (χ2n) is 4.28. The molecule has 0 saturated carbocycles. The van der Waals surface area contributed by atoms with E-state index in [9.17, 15) is 0 Å². The Morgan fingerprint density at radius 3 is 2.71 bits per heavy atom. The molecule has 0 aliphatic rings. The number of hydrogen-bond acceptors (Lipinski definition) is 3. The van der Waals surface area contributed by atoms with Crippen molar-refractivity contribution >= 4 is 0 Å². The van der Waals surface area contributed by atoms with Crippen molar-refractivity contribution in [3.8, 4) is 11.9 Å². The first kappa shape index (κ1) is 13.5. The highest BCUT2D eigenvalue weighted by molar-refractivity contribution is 5.45. The molecule has 1 aromatic rings. The van der Waals surface area contributed by atoms with Crippen LogP contribution in [0.1, 0.15) is 49.4 Å². The van der Waals surface area contributed by atoms with Crippen molar-refractivity contribution in [3.05, 3.63) is 22.9 Å². The summed E-state index contributed by atoms with van der Waals surface area (Å²) < 4.78 is 5.60. The average molecular weight is 232 g/mol. The summed E-state index contributed by atoms with van der Waals surface area (Å²) in [5.74, 6) is 0.487. The normalized spacial score (nSPS) is 10.0. The van der Waals surface area contributed by atoms with E-state index in [1.807, 2.05) is 19.9 Å². The van der Waals surface area contributed by atoms with E-state index in [1.54, 1.807) is 0 Å². The average Bonchev–Trinajstić information content (AvgIpc) is 2.28. The van der Waals surface area contributed by atoms with Gasteiger partial charge >= 0.3 is 0 Å². The Labute approximate surface area is 103 Å². The first-order chi connectivity index (χ1) is 8.19. The van der Waals surface area contributed by atoms with Crippen LogP contribution < -0.4 is 4.74 Å². The maximum absolute atomic E-state index is 9.06. The molecular weight excluding hydrogens is 212 g/mol. The van der Waals surface area contributed by atoms with E-state index in [2.05, 4.69) is 18.0 Å². The maximum Gasteiger partial charge on any atom is 0.232 e. The fourth-order valence-electron chi connectivity index (χ4n) is 1.74. The molecule has 3 heteroatoms. The van der Waals surface area contributed by atoms with E-state index in [0.29, 0.717) is 18.1 Å². The number of ether oxygens (including phenoxy) is 1. The number of aryl methyl sites for hydroxylation is 2. The van der Waals surface area contributed by atoms with Gasteiger partial charge in [-0.2, -0.15) is 5.26 Å². The van der Waals surface area contributed by atoms with Crippen molar-refractivity contribution in [2.24, 2.45) is 0 Å². The van der Waals surface area contributed by atoms with Crippen LogP contribution in [-0.4, -0.2) is 11.6 Å². The highest BCUT2D eigenvalue weighted by Crippen LogP contribution is 2.20. The van der Waals surface area contributed by atoms with Crippen molar-refractivity contribution in [1.29, 1.82) is 5.26 Å². The predicted octanol–water partition coefficient (Wildman–Crippen LogP) is 3.53. The summed E-state index contributed by atoms with van der Waals surface area (Å²) in [7, 11) is 0. The molecule has 0 unspecified atom stereocenters. The standard InChI is InChI=1S/C14H20N2O/c1-4-5-6-7-8-17-14-13(10-15)11(2)9-12(3)16-14/h9H,4-8H2,1-3H3. The summed E-state index contributed by atoms with van der Waals surface area (Å²) in [5.41, 5.74) is 2.39. The van der Waals surface area contributed by atoms with Crippen LogP contribution in [0.4, 0.5) is 0 Å². The third kappa shape index (κ3) is 4.07. The number of nitrogens with zero attached hydrogens (tertiary/aromatic N) is 2. The molecule has 0 aliphatic carbocycles. The Morgan fingerprint density at radius 1 is 1.29 bits per heavy atom. The molecule has 1 rings (SSSR count). The minimum absolute atomic E-state index is 0.487. The summed E-state index contributed by atoms with van der Waals surface area (Å²) in [4.78, 5) is 4.28.